The average molecular weight is 463 g/mol. The Morgan fingerprint density at radius 3 is 2.65 bits per heavy atom. The zero-order chi connectivity index (χ0) is 24.0. The van der Waals surface area contributed by atoms with Gasteiger partial charge in [0.1, 0.15) is 17.9 Å². The van der Waals surface area contributed by atoms with E-state index in [2.05, 4.69) is 25.9 Å². The number of nitrogens with one attached hydrogen (secondary N) is 3. The number of hydrogen-bond donors (Lipinski definition) is 3. The largest absolute Gasteiger partial charge is 0.416 e. The monoisotopic (exact) mass is 463 g/mol. The number of benzene rings is 2. The van der Waals surface area contributed by atoms with Gasteiger partial charge < -0.3 is 10.6 Å². The maximum absolute atomic E-state index is 13.4. The Morgan fingerprint density at radius 1 is 1.18 bits per heavy atom. The first-order valence-corrected chi connectivity index (χ1v) is 10.1. The number of nitriles is 1. The minimum atomic E-state index is -4.49. The molecule has 0 fully saturated rings. The normalized spacial score (nSPS) is 15.6. The second kappa shape index (κ2) is 7.77. The molecule has 0 bridgehead atoms. The molecule has 34 heavy (non-hydrogen) atoms. The van der Waals surface area contributed by atoms with Gasteiger partial charge in [0, 0.05) is 22.8 Å². The maximum atomic E-state index is 13.4. The highest BCUT2D eigenvalue weighted by Crippen LogP contribution is 2.38. The molecule has 1 unspecified atom stereocenters. The third-order valence-electron chi connectivity index (χ3n) is 5.58. The number of H-pyrrole nitrogens is 1. The molecule has 0 saturated carbocycles. The van der Waals surface area contributed by atoms with Crippen molar-refractivity contribution in [2.24, 2.45) is 0 Å². The predicted octanol–water partition coefficient (Wildman–Crippen LogP) is 4.58. The third-order valence-corrected chi connectivity index (χ3v) is 5.58. The molecule has 170 valence electrons. The Balaban J connectivity index is 1.56. The van der Waals surface area contributed by atoms with Gasteiger partial charge in [0.2, 0.25) is 0 Å². The summed E-state index contributed by atoms with van der Waals surface area (Å²) in [6.45, 7) is 1.69. The Labute approximate surface area is 190 Å². The third kappa shape index (κ3) is 3.65. The van der Waals surface area contributed by atoms with Crippen LogP contribution in [0.3, 0.4) is 0 Å². The zero-order valence-electron chi connectivity index (χ0n) is 17.6. The number of fused-ring (bicyclic) bond motifs is 2. The van der Waals surface area contributed by atoms with Gasteiger partial charge in [0.25, 0.3) is 5.91 Å². The van der Waals surface area contributed by atoms with Crippen molar-refractivity contribution in [1.82, 2.24) is 20.0 Å². The van der Waals surface area contributed by atoms with Crippen molar-refractivity contribution in [1.29, 1.82) is 5.26 Å². The van der Waals surface area contributed by atoms with Crippen LogP contribution in [-0.2, 0) is 11.0 Å². The van der Waals surface area contributed by atoms with Crippen molar-refractivity contribution in [3.8, 4) is 6.07 Å². The minimum absolute atomic E-state index is 0.110. The van der Waals surface area contributed by atoms with Gasteiger partial charge >= 0.3 is 6.18 Å². The molecule has 5 rings (SSSR count). The van der Waals surface area contributed by atoms with Crippen LogP contribution >= 0.6 is 0 Å². The number of aromatic nitrogens is 4. The number of hydrogen-bond acceptors (Lipinski definition) is 5. The molecule has 8 nitrogen and oxygen atoms in total. The topological polar surface area (TPSA) is 111 Å². The fourth-order valence-corrected chi connectivity index (χ4v) is 4.00. The summed E-state index contributed by atoms with van der Waals surface area (Å²) in [5, 5.41) is 27.1. The Morgan fingerprint density at radius 2 is 1.94 bits per heavy atom. The number of nitrogens with zero attached hydrogens (tertiary/aromatic N) is 4. The SMILES string of the molecule is CC1=C(C(=O)Nc2ccc3[nH]ncc3c2)C(c2ccc(C(F)(F)F)cc2)n2nc(C#N)cc2N1. The first-order chi connectivity index (χ1) is 16.2. The van der Waals surface area contributed by atoms with E-state index >= 15 is 0 Å². The highest BCUT2D eigenvalue weighted by molar-refractivity contribution is 6.06. The lowest BCUT2D eigenvalue weighted by Crippen LogP contribution is -2.31. The summed E-state index contributed by atoms with van der Waals surface area (Å²) in [6.07, 6.45) is -2.86. The summed E-state index contributed by atoms with van der Waals surface area (Å²) < 4.78 is 40.7. The van der Waals surface area contributed by atoms with E-state index in [9.17, 15) is 23.2 Å². The van der Waals surface area contributed by atoms with Crippen LogP contribution < -0.4 is 10.6 Å². The number of halogens is 3. The van der Waals surface area contributed by atoms with Crippen molar-refractivity contribution in [2.45, 2.75) is 19.1 Å². The predicted molar refractivity (Wildman–Crippen MR) is 118 cm³/mol. The summed E-state index contributed by atoms with van der Waals surface area (Å²) in [5.74, 6) is -0.00675. The molecule has 2 aromatic carbocycles. The van der Waals surface area contributed by atoms with Gasteiger partial charge in [-0.3, -0.25) is 9.89 Å². The smallest absolute Gasteiger partial charge is 0.344 e. The molecule has 3 heterocycles. The Hall–Kier alpha value is -4.59. The Kier molecular flexibility index (Phi) is 4.86. The fraction of sp³-hybridized carbons (Fsp3) is 0.130. The highest BCUT2D eigenvalue weighted by atomic mass is 19.4. The van der Waals surface area contributed by atoms with Crippen molar-refractivity contribution in [2.75, 3.05) is 10.6 Å². The van der Waals surface area contributed by atoms with Crippen LogP contribution in [-0.4, -0.2) is 25.9 Å². The van der Waals surface area contributed by atoms with Crippen molar-refractivity contribution < 1.29 is 18.0 Å². The summed E-state index contributed by atoms with van der Waals surface area (Å²) in [4.78, 5) is 13.4. The van der Waals surface area contributed by atoms with Crippen molar-refractivity contribution in [3.05, 3.63) is 82.8 Å². The molecular formula is C23H16F3N7O. The molecule has 1 amide bonds. The molecule has 1 aliphatic heterocycles. The first kappa shape index (κ1) is 21.3. The van der Waals surface area contributed by atoms with Crippen LogP contribution in [0.1, 0.15) is 29.8 Å². The van der Waals surface area contributed by atoms with Gasteiger partial charge in [-0.1, -0.05) is 12.1 Å². The molecule has 0 radical (unpaired) electrons. The average Bonchev–Trinajstić information content (AvgIpc) is 3.43. The summed E-state index contributed by atoms with van der Waals surface area (Å²) >= 11 is 0. The minimum Gasteiger partial charge on any atom is -0.344 e. The fourth-order valence-electron chi connectivity index (χ4n) is 4.00. The molecule has 1 atom stereocenters. The molecule has 0 aliphatic carbocycles. The highest BCUT2D eigenvalue weighted by Gasteiger charge is 2.35. The number of carbonyl (C=O) groups excluding carboxylic acids is 1. The second-order valence-electron chi connectivity index (χ2n) is 7.78. The number of anilines is 2. The molecule has 1 aliphatic rings. The van der Waals surface area contributed by atoms with Crippen LogP contribution in [0.4, 0.5) is 24.7 Å². The van der Waals surface area contributed by atoms with E-state index in [4.69, 9.17) is 0 Å². The van der Waals surface area contributed by atoms with Gasteiger partial charge in [-0.25, -0.2) is 4.68 Å². The summed E-state index contributed by atoms with van der Waals surface area (Å²) in [7, 11) is 0. The van der Waals surface area contributed by atoms with Gasteiger partial charge in [0.05, 0.1) is 22.9 Å². The number of aromatic amines is 1. The van der Waals surface area contributed by atoms with Crippen LogP contribution in [0.5, 0.6) is 0 Å². The molecule has 3 N–H and O–H groups in total. The lowest BCUT2D eigenvalue weighted by atomic mass is 9.94. The van der Waals surface area contributed by atoms with Gasteiger partial charge in [-0.2, -0.15) is 28.6 Å². The summed E-state index contributed by atoms with van der Waals surface area (Å²) in [5.41, 5.74) is 1.80. The van der Waals surface area contributed by atoms with E-state index < -0.39 is 23.7 Å². The van der Waals surface area contributed by atoms with Crippen molar-refractivity contribution >= 4 is 28.3 Å². The molecule has 11 heteroatoms. The number of carbonyl (C=O) groups is 1. The number of alkyl halides is 3. The van der Waals surface area contributed by atoms with E-state index in [0.717, 1.165) is 23.0 Å². The lowest BCUT2D eigenvalue weighted by molar-refractivity contribution is -0.137. The standard InChI is InChI=1S/C23H16F3N7O/c1-12-20(22(34)30-16-6-7-18-14(8-16)11-28-31-18)21(33-19(29-12)9-17(10-27)32-33)13-2-4-15(5-3-13)23(24,25)26/h2-9,11,21,29H,1H3,(H,28,31)(H,30,34). The molecule has 0 saturated heterocycles. The second-order valence-corrected chi connectivity index (χ2v) is 7.78. The van der Waals surface area contributed by atoms with Crippen LogP contribution in [0.15, 0.2) is 66.0 Å². The van der Waals surface area contributed by atoms with E-state index in [-0.39, 0.29) is 11.3 Å². The van der Waals surface area contributed by atoms with Crippen LogP contribution in [0.2, 0.25) is 0 Å². The number of rotatable bonds is 3. The van der Waals surface area contributed by atoms with E-state index in [1.54, 1.807) is 31.3 Å². The van der Waals surface area contributed by atoms with E-state index in [1.807, 2.05) is 6.07 Å². The molecule has 0 spiro atoms. The Bertz CT molecular complexity index is 1490. The molecule has 2 aromatic heterocycles. The first-order valence-electron chi connectivity index (χ1n) is 10.1. The maximum Gasteiger partial charge on any atom is 0.416 e. The molecular weight excluding hydrogens is 447 g/mol. The molecule has 4 aromatic rings. The van der Waals surface area contributed by atoms with Crippen LogP contribution in [0, 0.1) is 11.3 Å². The van der Waals surface area contributed by atoms with Gasteiger partial charge in [-0.15, -0.1) is 0 Å². The number of allylic oxidation sites excluding steroid dienone is 1. The quantitative estimate of drug-likeness (QED) is 0.412. The van der Waals surface area contributed by atoms with Crippen molar-refractivity contribution in [3.63, 3.8) is 0 Å². The van der Waals surface area contributed by atoms with Gasteiger partial charge in [0.15, 0.2) is 5.69 Å². The number of amides is 1. The van der Waals surface area contributed by atoms with E-state index in [1.165, 1.54) is 22.9 Å². The lowest BCUT2D eigenvalue weighted by Gasteiger charge is -2.29. The van der Waals surface area contributed by atoms with Gasteiger partial charge in [-0.05, 0) is 42.8 Å². The van der Waals surface area contributed by atoms with Crippen LogP contribution in [0.25, 0.3) is 10.9 Å². The van der Waals surface area contributed by atoms with E-state index in [0.29, 0.717) is 22.8 Å². The zero-order valence-corrected chi connectivity index (χ0v) is 17.6. The summed E-state index contributed by atoms with van der Waals surface area (Å²) in [6, 6.07) is 12.4.